The smallest absolute Gasteiger partial charge is 0.243 e. The molecule has 0 unspecified atom stereocenters. The number of amides is 1. The molecule has 1 aromatic carbocycles. The van der Waals surface area contributed by atoms with Crippen LogP contribution in [0.4, 0.5) is 0 Å². The number of aryl methyl sites for hydroxylation is 3. The zero-order valence-electron chi connectivity index (χ0n) is 19.3. The Labute approximate surface area is 196 Å². The third kappa shape index (κ3) is 4.33. The van der Waals surface area contributed by atoms with Crippen LogP contribution in [0.1, 0.15) is 61.9 Å². The van der Waals surface area contributed by atoms with Gasteiger partial charge in [-0.1, -0.05) is 6.07 Å². The Morgan fingerprint density at radius 2 is 1.76 bits per heavy atom. The maximum absolute atomic E-state index is 13.2. The summed E-state index contributed by atoms with van der Waals surface area (Å²) in [5.41, 5.74) is 2.44. The highest BCUT2D eigenvalue weighted by Crippen LogP contribution is 2.31. The van der Waals surface area contributed by atoms with E-state index in [4.69, 9.17) is 0 Å². The Bertz CT molecular complexity index is 1110. The van der Waals surface area contributed by atoms with Crippen LogP contribution in [0.25, 0.3) is 0 Å². The topological polar surface area (TPSA) is 88.4 Å². The molecular formula is C24H33N5O3S. The van der Waals surface area contributed by atoms with Crippen LogP contribution in [-0.2, 0) is 34.2 Å². The van der Waals surface area contributed by atoms with Crippen LogP contribution < -0.4 is 0 Å². The zero-order chi connectivity index (χ0) is 23.0. The highest BCUT2D eigenvalue weighted by atomic mass is 32.2. The number of likely N-dealkylation sites (tertiary alicyclic amines) is 1. The quantitative estimate of drug-likeness (QED) is 0.669. The van der Waals surface area contributed by atoms with Gasteiger partial charge in [0.2, 0.25) is 15.9 Å². The van der Waals surface area contributed by atoms with Crippen molar-refractivity contribution in [2.75, 3.05) is 26.2 Å². The van der Waals surface area contributed by atoms with Crippen LogP contribution in [-0.4, -0.2) is 64.5 Å². The number of sulfonamides is 1. The van der Waals surface area contributed by atoms with E-state index in [-0.39, 0.29) is 11.8 Å². The largest absolute Gasteiger partial charge is 0.342 e. The van der Waals surface area contributed by atoms with Crippen molar-refractivity contribution in [2.24, 2.45) is 5.92 Å². The molecule has 2 aliphatic heterocycles. The maximum Gasteiger partial charge on any atom is 0.243 e. The van der Waals surface area contributed by atoms with Gasteiger partial charge in [0.05, 0.1) is 4.90 Å². The molecule has 1 aromatic heterocycles. The van der Waals surface area contributed by atoms with Gasteiger partial charge < -0.3 is 9.47 Å². The second-order valence-corrected chi connectivity index (χ2v) is 11.5. The summed E-state index contributed by atoms with van der Waals surface area (Å²) in [4.78, 5) is 15.5. The summed E-state index contributed by atoms with van der Waals surface area (Å²) in [6, 6.07) is 5.58. The SMILES string of the molecule is CCn1cnnc1C1CCN(C(=O)C2CCN(S(=O)(=O)c3ccc4c(c3)CCC4)CC2)CC1. The molecule has 2 saturated heterocycles. The van der Waals surface area contributed by atoms with Gasteiger partial charge in [-0.2, -0.15) is 4.31 Å². The molecule has 1 aliphatic carbocycles. The van der Waals surface area contributed by atoms with E-state index >= 15 is 0 Å². The Hall–Kier alpha value is -2.26. The summed E-state index contributed by atoms with van der Waals surface area (Å²) in [7, 11) is -3.50. The van der Waals surface area contributed by atoms with Crippen molar-refractivity contribution >= 4 is 15.9 Å². The van der Waals surface area contributed by atoms with E-state index in [1.165, 1.54) is 11.1 Å². The molecule has 0 radical (unpaired) electrons. The number of rotatable bonds is 5. The minimum Gasteiger partial charge on any atom is -0.342 e. The van der Waals surface area contributed by atoms with Gasteiger partial charge in [0.15, 0.2) is 0 Å². The minimum absolute atomic E-state index is 0.0904. The normalized spacial score (nSPS) is 20.8. The number of nitrogens with zero attached hydrogens (tertiary/aromatic N) is 5. The van der Waals surface area contributed by atoms with Crippen molar-refractivity contribution in [3.8, 4) is 0 Å². The molecule has 178 valence electrons. The van der Waals surface area contributed by atoms with Crippen LogP contribution in [0, 0.1) is 5.92 Å². The first-order valence-electron chi connectivity index (χ1n) is 12.3. The monoisotopic (exact) mass is 471 g/mol. The van der Waals surface area contributed by atoms with Crippen molar-refractivity contribution in [1.82, 2.24) is 24.0 Å². The molecule has 0 bridgehead atoms. The van der Waals surface area contributed by atoms with E-state index in [1.54, 1.807) is 16.7 Å². The van der Waals surface area contributed by atoms with E-state index in [0.717, 1.165) is 57.6 Å². The maximum atomic E-state index is 13.2. The van der Waals surface area contributed by atoms with Crippen LogP contribution >= 0.6 is 0 Å². The van der Waals surface area contributed by atoms with Crippen LogP contribution in [0.5, 0.6) is 0 Å². The van der Waals surface area contributed by atoms with Gasteiger partial charge >= 0.3 is 0 Å². The standard InChI is InChI=1S/C24H33N5O3S/c1-2-27-17-25-26-23(27)19-8-12-28(13-9-19)24(30)20-10-14-29(15-11-20)33(31,32)22-7-6-18-4-3-5-21(18)16-22/h6-7,16-17,19-20H,2-5,8-15H2,1H3. The van der Waals surface area contributed by atoms with E-state index in [9.17, 15) is 13.2 Å². The molecule has 3 heterocycles. The number of fused-ring (bicyclic) bond motifs is 1. The van der Waals surface area contributed by atoms with Gasteiger partial charge in [0.1, 0.15) is 12.2 Å². The molecule has 8 nitrogen and oxygen atoms in total. The molecule has 0 spiro atoms. The minimum atomic E-state index is -3.50. The van der Waals surface area contributed by atoms with E-state index < -0.39 is 10.0 Å². The average molecular weight is 472 g/mol. The number of carbonyl (C=O) groups excluding carboxylic acids is 1. The fourth-order valence-corrected chi connectivity index (χ4v) is 7.16. The fourth-order valence-electron chi connectivity index (χ4n) is 5.64. The average Bonchev–Trinajstić information content (AvgIpc) is 3.52. The predicted molar refractivity (Wildman–Crippen MR) is 124 cm³/mol. The molecule has 0 N–H and O–H groups in total. The van der Waals surface area contributed by atoms with Gasteiger partial charge in [-0.05, 0) is 75.1 Å². The highest BCUT2D eigenvalue weighted by Gasteiger charge is 2.35. The number of piperidine rings is 2. The Balaban J connectivity index is 1.16. The summed E-state index contributed by atoms with van der Waals surface area (Å²) >= 11 is 0. The fraction of sp³-hybridized carbons (Fsp3) is 0.625. The second kappa shape index (κ2) is 9.18. The molecule has 3 aliphatic rings. The van der Waals surface area contributed by atoms with E-state index in [2.05, 4.69) is 21.7 Å². The molecule has 0 saturated carbocycles. The van der Waals surface area contributed by atoms with Crippen LogP contribution in [0.2, 0.25) is 0 Å². The summed E-state index contributed by atoms with van der Waals surface area (Å²) in [5, 5.41) is 8.33. The zero-order valence-corrected chi connectivity index (χ0v) is 20.1. The van der Waals surface area contributed by atoms with Gasteiger partial charge in [0.25, 0.3) is 0 Å². The molecule has 33 heavy (non-hydrogen) atoms. The van der Waals surface area contributed by atoms with Gasteiger partial charge in [-0.3, -0.25) is 4.79 Å². The van der Waals surface area contributed by atoms with E-state index in [0.29, 0.717) is 36.7 Å². The first-order valence-corrected chi connectivity index (χ1v) is 13.7. The molecule has 1 amide bonds. The summed E-state index contributed by atoms with van der Waals surface area (Å²) in [6.07, 6.45) is 7.86. The number of carbonyl (C=O) groups is 1. The number of hydrogen-bond donors (Lipinski definition) is 0. The van der Waals surface area contributed by atoms with Crippen molar-refractivity contribution in [1.29, 1.82) is 0 Å². The molecule has 2 aromatic rings. The van der Waals surface area contributed by atoms with Crippen LogP contribution in [0.3, 0.4) is 0 Å². The highest BCUT2D eigenvalue weighted by molar-refractivity contribution is 7.89. The lowest BCUT2D eigenvalue weighted by molar-refractivity contribution is -0.137. The number of benzene rings is 1. The molecule has 9 heteroatoms. The van der Waals surface area contributed by atoms with Gasteiger partial charge in [-0.15, -0.1) is 10.2 Å². The summed E-state index contributed by atoms with van der Waals surface area (Å²) in [5.74, 6) is 1.46. The third-order valence-electron chi connectivity index (χ3n) is 7.67. The molecule has 0 atom stereocenters. The van der Waals surface area contributed by atoms with Gasteiger partial charge in [-0.25, -0.2) is 8.42 Å². The lowest BCUT2D eigenvalue weighted by atomic mass is 9.92. The lowest BCUT2D eigenvalue weighted by Crippen LogP contribution is -2.46. The second-order valence-electron chi connectivity index (χ2n) is 9.54. The summed E-state index contributed by atoms with van der Waals surface area (Å²) in [6.45, 7) is 5.22. The lowest BCUT2D eigenvalue weighted by Gasteiger charge is -2.36. The van der Waals surface area contributed by atoms with Crippen molar-refractivity contribution in [3.05, 3.63) is 41.5 Å². The first-order chi connectivity index (χ1) is 16.0. The molecule has 5 rings (SSSR count). The first kappa shape index (κ1) is 22.5. The van der Waals surface area contributed by atoms with E-state index in [1.807, 2.05) is 17.0 Å². The molecular weight excluding hydrogens is 438 g/mol. The Morgan fingerprint density at radius 1 is 1.03 bits per heavy atom. The number of hydrogen-bond acceptors (Lipinski definition) is 5. The van der Waals surface area contributed by atoms with Crippen molar-refractivity contribution in [2.45, 2.75) is 69.2 Å². The third-order valence-corrected chi connectivity index (χ3v) is 9.56. The Morgan fingerprint density at radius 3 is 2.48 bits per heavy atom. The summed E-state index contributed by atoms with van der Waals surface area (Å²) < 4.78 is 30.0. The Kier molecular flexibility index (Phi) is 6.26. The van der Waals surface area contributed by atoms with Crippen LogP contribution in [0.15, 0.2) is 29.4 Å². The van der Waals surface area contributed by atoms with Crippen molar-refractivity contribution in [3.63, 3.8) is 0 Å². The number of aromatic nitrogens is 3. The predicted octanol–water partition coefficient (Wildman–Crippen LogP) is 2.59. The van der Waals surface area contributed by atoms with Crippen molar-refractivity contribution < 1.29 is 13.2 Å². The molecule has 2 fully saturated rings. The van der Waals surface area contributed by atoms with Gasteiger partial charge in [0, 0.05) is 44.6 Å².